The van der Waals surface area contributed by atoms with Crippen molar-refractivity contribution >= 4 is 46.4 Å². The van der Waals surface area contributed by atoms with Crippen LogP contribution in [-0.4, -0.2) is 46.4 Å². The highest BCUT2D eigenvalue weighted by atomic mass is 35.5. The summed E-state index contributed by atoms with van der Waals surface area (Å²) in [5.41, 5.74) is 2.71. The Bertz CT molecular complexity index is 1190. The lowest BCUT2D eigenvalue weighted by atomic mass is 10.1. The fraction of sp³-hybridized carbons (Fsp3) is 0.222. The molecular weight excluding hydrogens is 482 g/mol. The molecule has 0 radical (unpaired) electrons. The lowest BCUT2D eigenvalue weighted by Gasteiger charge is -2.24. The summed E-state index contributed by atoms with van der Waals surface area (Å²) in [6.45, 7) is 0.866. The molecule has 2 amide bonds. The number of thiocarbonyl (C=S) groups is 1. The van der Waals surface area contributed by atoms with Crippen molar-refractivity contribution in [1.29, 1.82) is 0 Å². The number of carbonyl (C=O) groups excluding carboxylic acids is 2. The van der Waals surface area contributed by atoms with Crippen molar-refractivity contribution in [2.75, 3.05) is 19.0 Å². The quantitative estimate of drug-likeness (QED) is 0.417. The lowest BCUT2D eigenvalue weighted by Crippen LogP contribution is -2.37. The van der Waals surface area contributed by atoms with E-state index < -0.39 is 6.04 Å². The summed E-state index contributed by atoms with van der Waals surface area (Å²) in [6, 6.07) is 23.7. The predicted octanol–water partition coefficient (Wildman–Crippen LogP) is 4.92. The number of halogens is 1. The van der Waals surface area contributed by atoms with E-state index in [9.17, 15) is 9.59 Å². The van der Waals surface area contributed by atoms with Gasteiger partial charge < -0.3 is 15.0 Å². The van der Waals surface area contributed by atoms with Crippen molar-refractivity contribution < 1.29 is 14.3 Å². The number of methoxy groups -OCH3 is 1. The van der Waals surface area contributed by atoms with Gasteiger partial charge in [0.05, 0.1) is 13.5 Å². The average molecular weight is 508 g/mol. The fourth-order valence-corrected chi connectivity index (χ4v) is 4.51. The Morgan fingerprint density at radius 3 is 2.34 bits per heavy atom. The maximum atomic E-state index is 13.5. The zero-order valence-electron chi connectivity index (χ0n) is 19.3. The summed E-state index contributed by atoms with van der Waals surface area (Å²) < 4.78 is 5.24. The van der Waals surface area contributed by atoms with Crippen molar-refractivity contribution in [3.63, 3.8) is 0 Å². The van der Waals surface area contributed by atoms with Gasteiger partial charge in [0.2, 0.25) is 5.91 Å². The molecule has 1 saturated heterocycles. The van der Waals surface area contributed by atoms with Crippen LogP contribution in [0.1, 0.15) is 17.5 Å². The van der Waals surface area contributed by atoms with Gasteiger partial charge in [-0.05, 0) is 66.2 Å². The highest BCUT2D eigenvalue weighted by Gasteiger charge is 2.43. The number of nitrogens with zero attached hydrogens (tertiary/aromatic N) is 2. The molecular formula is C27H26ClN3O3S. The standard InChI is InChI=1S/C27H26ClN3O3S/c1-34-23-13-7-20(8-14-23)18-31-24(17-25(32)29-22-11-9-21(28)10-12-22)26(33)30(27(31)35)16-15-19-5-3-2-4-6-19/h2-14,24H,15-18H2,1H3,(H,29,32). The molecule has 6 nitrogen and oxygen atoms in total. The van der Waals surface area contributed by atoms with Gasteiger partial charge >= 0.3 is 0 Å². The van der Waals surface area contributed by atoms with E-state index >= 15 is 0 Å². The number of rotatable bonds is 9. The molecule has 1 aliphatic rings. The molecule has 3 aromatic carbocycles. The van der Waals surface area contributed by atoms with Crippen LogP contribution in [0, 0.1) is 0 Å². The van der Waals surface area contributed by atoms with E-state index in [1.54, 1.807) is 36.3 Å². The number of amides is 2. The van der Waals surface area contributed by atoms with E-state index in [4.69, 9.17) is 28.6 Å². The lowest BCUT2D eigenvalue weighted by molar-refractivity contribution is -0.130. The minimum Gasteiger partial charge on any atom is -0.497 e. The predicted molar refractivity (Wildman–Crippen MR) is 141 cm³/mol. The molecule has 0 saturated carbocycles. The topological polar surface area (TPSA) is 61.9 Å². The summed E-state index contributed by atoms with van der Waals surface area (Å²) in [5.74, 6) is 0.320. The van der Waals surface area contributed by atoms with Gasteiger partial charge in [0, 0.05) is 23.8 Å². The van der Waals surface area contributed by atoms with Crippen LogP contribution in [0.3, 0.4) is 0 Å². The fourth-order valence-electron chi connectivity index (χ4n) is 4.01. The van der Waals surface area contributed by atoms with Crippen LogP contribution in [0.4, 0.5) is 5.69 Å². The number of hydrogen-bond donors (Lipinski definition) is 1. The van der Waals surface area contributed by atoms with E-state index in [1.807, 2.05) is 59.5 Å². The van der Waals surface area contributed by atoms with E-state index in [2.05, 4.69) is 5.32 Å². The van der Waals surface area contributed by atoms with Gasteiger partial charge in [-0.3, -0.25) is 14.5 Å². The summed E-state index contributed by atoms with van der Waals surface area (Å²) >= 11 is 11.7. The second-order valence-electron chi connectivity index (χ2n) is 8.26. The summed E-state index contributed by atoms with van der Waals surface area (Å²) in [4.78, 5) is 29.8. The van der Waals surface area contributed by atoms with E-state index in [-0.39, 0.29) is 18.2 Å². The monoisotopic (exact) mass is 507 g/mol. The first-order chi connectivity index (χ1) is 16.9. The second-order valence-corrected chi connectivity index (χ2v) is 9.06. The largest absolute Gasteiger partial charge is 0.497 e. The highest BCUT2D eigenvalue weighted by molar-refractivity contribution is 7.80. The molecule has 0 spiro atoms. The first-order valence-electron chi connectivity index (χ1n) is 11.3. The zero-order valence-corrected chi connectivity index (χ0v) is 20.9. The Morgan fingerprint density at radius 1 is 1.00 bits per heavy atom. The molecule has 0 bridgehead atoms. The van der Waals surface area contributed by atoms with Crippen LogP contribution < -0.4 is 10.1 Å². The van der Waals surface area contributed by atoms with Gasteiger partial charge in [0.15, 0.2) is 5.11 Å². The Balaban J connectivity index is 1.51. The number of ether oxygens (including phenoxy) is 1. The molecule has 8 heteroatoms. The number of benzene rings is 3. The van der Waals surface area contributed by atoms with Crippen molar-refractivity contribution in [3.05, 3.63) is 95.0 Å². The van der Waals surface area contributed by atoms with Gasteiger partial charge in [-0.1, -0.05) is 54.1 Å². The summed E-state index contributed by atoms with van der Waals surface area (Å²) in [5, 5.41) is 3.87. The van der Waals surface area contributed by atoms with Crippen molar-refractivity contribution in [2.45, 2.75) is 25.4 Å². The number of carbonyl (C=O) groups is 2. The highest BCUT2D eigenvalue weighted by Crippen LogP contribution is 2.25. The molecule has 35 heavy (non-hydrogen) atoms. The van der Waals surface area contributed by atoms with Gasteiger partial charge in [-0.25, -0.2) is 0 Å². The van der Waals surface area contributed by atoms with E-state index in [0.717, 1.165) is 16.9 Å². The maximum Gasteiger partial charge on any atom is 0.252 e. The molecule has 1 atom stereocenters. The van der Waals surface area contributed by atoms with Gasteiger partial charge in [-0.15, -0.1) is 0 Å². The van der Waals surface area contributed by atoms with Crippen LogP contribution in [0.2, 0.25) is 5.02 Å². The normalized spacial score (nSPS) is 15.4. The molecule has 0 aliphatic carbocycles. The van der Waals surface area contributed by atoms with Crippen LogP contribution in [-0.2, 0) is 22.6 Å². The van der Waals surface area contributed by atoms with Gasteiger partial charge in [-0.2, -0.15) is 0 Å². The van der Waals surface area contributed by atoms with Gasteiger partial charge in [0.1, 0.15) is 11.8 Å². The summed E-state index contributed by atoms with van der Waals surface area (Å²) in [6.07, 6.45) is 0.659. The molecule has 1 fully saturated rings. The first kappa shape index (κ1) is 24.7. The van der Waals surface area contributed by atoms with Crippen molar-refractivity contribution in [3.8, 4) is 5.75 Å². The summed E-state index contributed by atoms with van der Waals surface area (Å²) in [7, 11) is 1.61. The SMILES string of the molecule is COc1ccc(CN2C(=S)N(CCc3ccccc3)C(=O)C2CC(=O)Nc2ccc(Cl)cc2)cc1. The first-order valence-corrected chi connectivity index (χ1v) is 12.1. The van der Waals surface area contributed by atoms with Gasteiger partial charge in [0.25, 0.3) is 5.91 Å². The molecule has 4 rings (SSSR count). The number of nitrogens with one attached hydrogen (secondary N) is 1. The third-order valence-corrected chi connectivity index (χ3v) is 6.60. The molecule has 180 valence electrons. The Labute approximate surface area is 215 Å². The molecule has 1 N–H and O–H groups in total. The minimum atomic E-state index is -0.687. The zero-order chi connectivity index (χ0) is 24.8. The smallest absolute Gasteiger partial charge is 0.252 e. The Kier molecular flexibility index (Phi) is 8.00. The van der Waals surface area contributed by atoms with Crippen LogP contribution in [0.25, 0.3) is 0 Å². The minimum absolute atomic E-state index is 0.0143. The molecule has 1 aliphatic heterocycles. The third-order valence-electron chi connectivity index (χ3n) is 5.89. The Morgan fingerprint density at radius 2 is 1.69 bits per heavy atom. The molecule has 1 unspecified atom stereocenters. The average Bonchev–Trinajstić information content (AvgIpc) is 3.08. The van der Waals surface area contributed by atoms with Crippen LogP contribution >= 0.6 is 23.8 Å². The number of hydrogen-bond acceptors (Lipinski definition) is 4. The van der Waals surface area contributed by atoms with Crippen LogP contribution in [0.5, 0.6) is 5.75 Å². The Hall–Kier alpha value is -3.42. The molecule has 1 heterocycles. The third kappa shape index (κ3) is 6.18. The van der Waals surface area contributed by atoms with E-state index in [0.29, 0.717) is 35.3 Å². The molecule has 3 aromatic rings. The van der Waals surface area contributed by atoms with Crippen LogP contribution in [0.15, 0.2) is 78.9 Å². The van der Waals surface area contributed by atoms with E-state index in [1.165, 1.54) is 0 Å². The maximum absolute atomic E-state index is 13.5. The number of anilines is 1. The second kappa shape index (κ2) is 11.3. The van der Waals surface area contributed by atoms with Crippen molar-refractivity contribution in [1.82, 2.24) is 9.80 Å². The molecule has 0 aromatic heterocycles. The van der Waals surface area contributed by atoms with Crippen molar-refractivity contribution in [2.24, 2.45) is 0 Å².